The van der Waals surface area contributed by atoms with Crippen molar-refractivity contribution in [2.75, 3.05) is 11.0 Å². The molecule has 6 nitrogen and oxygen atoms in total. The summed E-state index contributed by atoms with van der Waals surface area (Å²) in [6.07, 6.45) is 3.24. The molecule has 0 saturated heterocycles. The van der Waals surface area contributed by atoms with Gasteiger partial charge in [0.15, 0.2) is 0 Å². The van der Waals surface area contributed by atoms with Crippen molar-refractivity contribution in [1.29, 1.82) is 0 Å². The summed E-state index contributed by atoms with van der Waals surface area (Å²) in [6, 6.07) is 15.1. The van der Waals surface area contributed by atoms with Crippen molar-refractivity contribution in [1.82, 2.24) is 5.01 Å². The van der Waals surface area contributed by atoms with Crippen LogP contribution < -0.4 is 4.72 Å². The molecule has 0 radical (unpaired) electrons. The van der Waals surface area contributed by atoms with Crippen LogP contribution >= 0.6 is 0 Å². The molecular weight excluding hydrogens is 398 g/mol. The normalized spacial score (nSPS) is 16.6. The van der Waals surface area contributed by atoms with Crippen LogP contribution in [-0.4, -0.2) is 31.3 Å². The Morgan fingerprint density at radius 3 is 2.50 bits per heavy atom. The second kappa shape index (κ2) is 9.00. The Balaban J connectivity index is 1.99. The van der Waals surface area contributed by atoms with Crippen molar-refractivity contribution in [2.45, 2.75) is 46.1 Å². The maximum absolute atomic E-state index is 13.2. The van der Waals surface area contributed by atoms with Gasteiger partial charge in [-0.25, -0.2) is 13.4 Å². The number of benzene rings is 2. The molecule has 1 amide bonds. The fourth-order valence-electron chi connectivity index (χ4n) is 3.83. The summed E-state index contributed by atoms with van der Waals surface area (Å²) in [4.78, 5) is 13.2. The van der Waals surface area contributed by atoms with E-state index in [0.717, 1.165) is 41.5 Å². The zero-order chi connectivity index (χ0) is 21.9. The fraction of sp³-hybridized carbons (Fsp3) is 0.391. The number of hydrazone groups is 1. The van der Waals surface area contributed by atoms with Crippen LogP contribution in [0.2, 0.25) is 0 Å². The minimum Gasteiger partial charge on any atom is -0.284 e. The summed E-state index contributed by atoms with van der Waals surface area (Å²) in [7, 11) is -3.37. The Labute approximate surface area is 179 Å². The first-order valence-electron chi connectivity index (χ1n) is 10.3. The lowest BCUT2D eigenvalue weighted by Gasteiger charge is -2.25. The number of amides is 1. The highest BCUT2D eigenvalue weighted by Crippen LogP contribution is 2.35. The summed E-state index contributed by atoms with van der Waals surface area (Å²) in [5.41, 5.74) is 4.25. The molecule has 1 N–H and O–H groups in total. The Kier molecular flexibility index (Phi) is 6.61. The highest BCUT2D eigenvalue weighted by molar-refractivity contribution is 7.92. The highest BCUT2D eigenvalue weighted by Gasteiger charge is 2.35. The highest BCUT2D eigenvalue weighted by atomic mass is 32.2. The predicted molar refractivity (Wildman–Crippen MR) is 121 cm³/mol. The smallest absolute Gasteiger partial charge is 0.246 e. The van der Waals surface area contributed by atoms with E-state index in [2.05, 4.69) is 10.8 Å². The molecule has 0 bridgehead atoms. The van der Waals surface area contributed by atoms with E-state index < -0.39 is 10.0 Å². The summed E-state index contributed by atoms with van der Waals surface area (Å²) >= 11 is 0. The van der Waals surface area contributed by atoms with Gasteiger partial charge in [0.1, 0.15) is 0 Å². The van der Waals surface area contributed by atoms with Gasteiger partial charge in [-0.1, -0.05) is 55.8 Å². The number of nitrogens with one attached hydrogen (secondary N) is 1. The molecule has 0 fully saturated rings. The molecular formula is C23H29N3O3S. The van der Waals surface area contributed by atoms with Crippen molar-refractivity contribution in [3.8, 4) is 0 Å². The van der Waals surface area contributed by atoms with Crippen molar-refractivity contribution in [3.05, 3.63) is 65.2 Å². The molecule has 0 saturated carbocycles. The second-order valence-electron chi connectivity index (χ2n) is 7.83. The third kappa shape index (κ3) is 5.08. The van der Waals surface area contributed by atoms with Crippen LogP contribution in [0.25, 0.3) is 0 Å². The van der Waals surface area contributed by atoms with Gasteiger partial charge in [-0.3, -0.25) is 9.52 Å². The van der Waals surface area contributed by atoms with Gasteiger partial charge in [-0.05, 0) is 43.0 Å². The van der Waals surface area contributed by atoms with E-state index in [1.165, 1.54) is 0 Å². The molecule has 3 rings (SSSR count). The monoisotopic (exact) mass is 427 g/mol. The lowest BCUT2D eigenvalue weighted by molar-refractivity contribution is -0.137. The Morgan fingerprint density at radius 1 is 1.17 bits per heavy atom. The number of nitrogens with zero attached hydrogens (tertiary/aromatic N) is 2. The minimum atomic E-state index is -3.37. The molecule has 160 valence electrons. The van der Waals surface area contributed by atoms with Crippen LogP contribution in [0.4, 0.5) is 5.69 Å². The van der Waals surface area contributed by atoms with Gasteiger partial charge in [-0.2, -0.15) is 5.10 Å². The van der Waals surface area contributed by atoms with Crippen LogP contribution in [0.5, 0.6) is 0 Å². The van der Waals surface area contributed by atoms with Crippen LogP contribution in [0.1, 0.15) is 55.8 Å². The molecule has 0 aromatic heterocycles. The zero-order valence-electron chi connectivity index (χ0n) is 17.9. The van der Waals surface area contributed by atoms with Crippen LogP contribution in [0.3, 0.4) is 0 Å². The maximum Gasteiger partial charge on any atom is 0.246 e. The third-order valence-corrected chi connectivity index (χ3v) is 6.00. The molecule has 1 atom stereocenters. The van der Waals surface area contributed by atoms with Crippen molar-refractivity contribution < 1.29 is 13.2 Å². The van der Waals surface area contributed by atoms with Gasteiger partial charge < -0.3 is 0 Å². The first kappa shape index (κ1) is 22.0. The molecule has 2 aromatic rings. The molecule has 0 aliphatic carbocycles. The van der Waals surface area contributed by atoms with Gasteiger partial charge in [-0.15, -0.1) is 0 Å². The summed E-state index contributed by atoms with van der Waals surface area (Å²) in [6.45, 7) is 6.08. The molecule has 1 heterocycles. The van der Waals surface area contributed by atoms with Gasteiger partial charge >= 0.3 is 0 Å². The molecule has 30 heavy (non-hydrogen) atoms. The molecule has 1 aliphatic heterocycles. The first-order chi connectivity index (χ1) is 14.2. The van der Waals surface area contributed by atoms with Crippen LogP contribution in [0, 0.1) is 12.8 Å². The SMILES string of the molecule is CCC(CC)C(=O)N1N=C(c2cccc(NS(C)(=O)=O)c2)C[C@@H]1c1cccc(C)c1. The average Bonchev–Trinajstić information content (AvgIpc) is 3.13. The van der Waals surface area contributed by atoms with E-state index in [1.54, 1.807) is 23.2 Å². The van der Waals surface area contributed by atoms with Crippen LogP contribution in [-0.2, 0) is 14.8 Å². The summed E-state index contributed by atoms with van der Waals surface area (Å²) in [5.74, 6) is -0.0365. The van der Waals surface area contributed by atoms with Crippen LogP contribution in [0.15, 0.2) is 53.6 Å². The van der Waals surface area contributed by atoms with E-state index >= 15 is 0 Å². The van der Waals surface area contributed by atoms with Gasteiger partial charge in [0.2, 0.25) is 15.9 Å². The number of carbonyl (C=O) groups is 1. The summed E-state index contributed by atoms with van der Waals surface area (Å²) in [5, 5.41) is 6.36. The second-order valence-corrected chi connectivity index (χ2v) is 9.58. The van der Waals surface area contributed by atoms with Gasteiger partial charge in [0, 0.05) is 18.0 Å². The largest absolute Gasteiger partial charge is 0.284 e. The van der Waals surface area contributed by atoms with E-state index in [-0.39, 0.29) is 17.9 Å². The average molecular weight is 428 g/mol. The Morgan fingerprint density at radius 2 is 1.87 bits per heavy atom. The maximum atomic E-state index is 13.2. The number of anilines is 1. The quantitative estimate of drug-likeness (QED) is 0.707. The minimum absolute atomic E-state index is 0.0342. The third-order valence-electron chi connectivity index (χ3n) is 5.40. The Hall–Kier alpha value is -2.67. The number of sulfonamides is 1. The predicted octanol–water partition coefficient (Wildman–Crippen LogP) is 4.48. The lowest BCUT2D eigenvalue weighted by Crippen LogP contribution is -2.32. The molecule has 0 spiro atoms. The van der Waals surface area contributed by atoms with Gasteiger partial charge in [0.25, 0.3) is 0 Å². The molecule has 2 aromatic carbocycles. The molecule has 7 heteroatoms. The zero-order valence-corrected chi connectivity index (χ0v) is 18.7. The van der Waals surface area contributed by atoms with E-state index in [4.69, 9.17) is 5.10 Å². The fourth-order valence-corrected chi connectivity index (χ4v) is 4.38. The molecule has 1 aliphatic rings. The molecule has 0 unspecified atom stereocenters. The van der Waals surface area contributed by atoms with Crippen molar-refractivity contribution in [3.63, 3.8) is 0 Å². The van der Waals surface area contributed by atoms with Crippen molar-refractivity contribution in [2.24, 2.45) is 11.0 Å². The number of hydrogen-bond donors (Lipinski definition) is 1. The number of aryl methyl sites for hydroxylation is 1. The Bertz CT molecular complexity index is 1060. The number of hydrogen-bond acceptors (Lipinski definition) is 4. The van der Waals surface area contributed by atoms with E-state index in [1.807, 2.05) is 45.0 Å². The standard InChI is InChI=1S/C23H29N3O3S/c1-5-17(6-2)23(27)26-22(19-11-7-9-16(3)13-19)15-21(24-26)18-10-8-12-20(14-18)25-30(4,28)29/h7-14,17,22,25H,5-6,15H2,1-4H3/t22-/m1/s1. The van der Waals surface area contributed by atoms with Gasteiger partial charge in [0.05, 0.1) is 18.0 Å². The van der Waals surface area contributed by atoms with Crippen molar-refractivity contribution >= 4 is 27.3 Å². The first-order valence-corrected chi connectivity index (χ1v) is 12.2. The topological polar surface area (TPSA) is 78.8 Å². The summed E-state index contributed by atoms with van der Waals surface area (Å²) < 4.78 is 25.7. The number of rotatable bonds is 7. The van der Waals surface area contributed by atoms with E-state index in [0.29, 0.717) is 12.1 Å². The van der Waals surface area contributed by atoms with E-state index in [9.17, 15) is 13.2 Å². The number of carbonyl (C=O) groups excluding carboxylic acids is 1. The lowest BCUT2D eigenvalue weighted by atomic mass is 9.95.